The fourth-order valence-electron chi connectivity index (χ4n) is 3.52. The van der Waals surface area contributed by atoms with Crippen molar-refractivity contribution in [3.8, 4) is 23.8 Å². The van der Waals surface area contributed by atoms with Crippen molar-refractivity contribution in [3.05, 3.63) is 36.4 Å². The van der Waals surface area contributed by atoms with Gasteiger partial charge in [-0.3, -0.25) is 9.59 Å². The molecule has 1 saturated heterocycles. The van der Waals surface area contributed by atoms with Crippen LogP contribution in [0.5, 0.6) is 11.5 Å². The van der Waals surface area contributed by atoms with Gasteiger partial charge >= 0.3 is 0 Å². The van der Waals surface area contributed by atoms with Gasteiger partial charge in [0.05, 0.1) is 19.2 Å². The molecule has 0 N–H and O–H groups in total. The Morgan fingerprint density at radius 1 is 1.31 bits per heavy atom. The lowest BCUT2D eigenvalue weighted by atomic mass is 10.1. The van der Waals surface area contributed by atoms with Gasteiger partial charge < -0.3 is 19.3 Å². The zero-order chi connectivity index (χ0) is 20.8. The molecule has 0 aromatic heterocycles. The minimum absolute atomic E-state index is 0.0429. The predicted octanol–water partition coefficient (Wildman–Crippen LogP) is 2.74. The summed E-state index contributed by atoms with van der Waals surface area (Å²) in [5.41, 5.74) is 0.415. The molecule has 0 spiro atoms. The monoisotopic (exact) mass is 396 g/mol. The molecule has 154 valence electrons. The number of terminal acetylenes is 1. The van der Waals surface area contributed by atoms with Gasteiger partial charge in [0.1, 0.15) is 17.6 Å². The highest BCUT2D eigenvalue weighted by Crippen LogP contribution is 2.33. The molecule has 2 amide bonds. The first kappa shape index (κ1) is 20.8. The van der Waals surface area contributed by atoms with Crippen molar-refractivity contribution < 1.29 is 19.1 Å². The summed E-state index contributed by atoms with van der Waals surface area (Å²) in [6.45, 7) is 5.62. The van der Waals surface area contributed by atoms with Gasteiger partial charge in [0.2, 0.25) is 5.91 Å². The third kappa shape index (κ3) is 5.11. The number of piperidine rings is 1. The summed E-state index contributed by atoms with van der Waals surface area (Å²) in [4.78, 5) is 28.8. The molecule has 1 heterocycles. The molecule has 6 nitrogen and oxygen atoms in total. The summed E-state index contributed by atoms with van der Waals surface area (Å²) in [6, 6.07) is 5.21. The van der Waals surface area contributed by atoms with Crippen LogP contribution in [0, 0.1) is 18.3 Å². The number of nitrogens with zero attached hydrogens (tertiary/aromatic N) is 2. The van der Waals surface area contributed by atoms with E-state index in [1.165, 1.54) is 4.90 Å². The Balaban J connectivity index is 1.72. The number of carbonyl (C=O) groups is 2. The number of hydrogen-bond acceptors (Lipinski definition) is 4. The van der Waals surface area contributed by atoms with Gasteiger partial charge in [-0.1, -0.05) is 12.0 Å². The number of hydrogen-bond donors (Lipinski definition) is 0. The summed E-state index contributed by atoms with van der Waals surface area (Å²) in [7, 11) is 1.56. The minimum Gasteiger partial charge on any atom is -0.497 e. The topological polar surface area (TPSA) is 59.1 Å². The highest BCUT2D eigenvalue weighted by atomic mass is 16.5. The van der Waals surface area contributed by atoms with Crippen LogP contribution < -0.4 is 9.47 Å². The second-order valence-corrected chi connectivity index (χ2v) is 7.46. The average Bonchev–Trinajstić information content (AvgIpc) is 3.59. The first-order valence-electron chi connectivity index (χ1n) is 10.0. The van der Waals surface area contributed by atoms with Gasteiger partial charge in [-0.2, -0.15) is 0 Å². The molecular formula is C23H28N2O4. The van der Waals surface area contributed by atoms with E-state index in [4.69, 9.17) is 15.9 Å². The molecule has 2 aliphatic rings. The van der Waals surface area contributed by atoms with Gasteiger partial charge in [-0.05, 0) is 31.0 Å². The fraction of sp³-hybridized carbons (Fsp3) is 0.478. The Bertz CT molecular complexity index is 802. The van der Waals surface area contributed by atoms with Gasteiger partial charge in [-0.15, -0.1) is 13.0 Å². The van der Waals surface area contributed by atoms with Gasteiger partial charge in [0.25, 0.3) is 5.91 Å². The molecule has 0 unspecified atom stereocenters. The molecule has 1 saturated carbocycles. The summed E-state index contributed by atoms with van der Waals surface area (Å²) in [5.74, 6) is 3.89. The van der Waals surface area contributed by atoms with Crippen molar-refractivity contribution >= 4 is 11.8 Å². The van der Waals surface area contributed by atoms with Crippen molar-refractivity contribution in [3.63, 3.8) is 0 Å². The van der Waals surface area contributed by atoms with Crippen LogP contribution >= 0.6 is 0 Å². The fourth-order valence-corrected chi connectivity index (χ4v) is 3.52. The summed E-state index contributed by atoms with van der Waals surface area (Å²) in [6.07, 6.45) is 10.6. The Hall–Kier alpha value is -2.94. The molecule has 6 heteroatoms. The van der Waals surface area contributed by atoms with E-state index in [0.717, 1.165) is 25.7 Å². The number of ether oxygens (including phenoxy) is 2. The number of methoxy groups -OCH3 is 1. The number of benzene rings is 1. The molecule has 1 aromatic carbocycles. The SMILES string of the molecule is C#CCN(CC=C)C(=O)c1cc(OC)ccc1OC1CCN(C(=O)C2CC2)CC1. The summed E-state index contributed by atoms with van der Waals surface area (Å²) in [5, 5.41) is 0. The van der Waals surface area contributed by atoms with Crippen molar-refractivity contribution in [2.24, 2.45) is 5.92 Å². The van der Waals surface area contributed by atoms with Crippen LogP contribution in [0.2, 0.25) is 0 Å². The summed E-state index contributed by atoms with van der Waals surface area (Å²) >= 11 is 0. The van der Waals surface area contributed by atoms with E-state index >= 15 is 0 Å². The minimum atomic E-state index is -0.224. The van der Waals surface area contributed by atoms with Crippen LogP contribution in [0.1, 0.15) is 36.0 Å². The van der Waals surface area contributed by atoms with Crippen LogP contribution in [-0.4, -0.2) is 61.0 Å². The molecule has 29 heavy (non-hydrogen) atoms. The maximum atomic E-state index is 13.1. The van der Waals surface area contributed by atoms with Crippen molar-refractivity contribution in [1.29, 1.82) is 0 Å². The molecule has 3 rings (SSSR count). The van der Waals surface area contributed by atoms with Gasteiger partial charge in [-0.25, -0.2) is 0 Å². The van der Waals surface area contributed by atoms with Crippen molar-refractivity contribution in [2.75, 3.05) is 33.3 Å². The lowest BCUT2D eigenvalue weighted by molar-refractivity contribution is -0.134. The Morgan fingerprint density at radius 3 is 2.62 bits per heavy atom. The molecule has 0 atom stereocenters. The Kier molecular flexibility index (Phi) is 6.82. The van der Waals surface area contributed by atoms with E-state index in [1.807, 2.05) is 4.90 Å². The zero-order valence-electron chi connectivity index (χ0n) is 16.9. The number of likely N-dealkylation sites (tertiary alicyclic amines) is 1. The second kappa shape index (κ2) is 9.51. The smallest absolute Gasteiger partial charge is 0.258 e. The van der Waals surface area contributed by atoms with Gasteiger partial charge in [0, 0.05) is 38.4 Å². The average molecular weight is 396 g/mol. The van der Waals surface area contributed by atoms with Crippen molar-refractivity contribution in [1.82, 2.24) is 9.80 Å². The lowest BCUT2D eigenvalue weighted by Gasteiger charge is -2.33. The zero-order valence-corrected chi connectivity index (χ0v) is 16.9. The van der Waals surface area contributed by atoms with Crippen LogP contribution in [0.4, 0.5) is 0 Å². The highest BCUT2D eigenvalue weighted by molar-refractivity contribution is 5.97. The van der Waals surface area contributed by atoms with Crippen molar-refractivity contribution in [2.45, 2.75) is 31.8 Å². The Labute approximate surface area is 172 Å². The van der Waals surface area contributed by atoms with E-state index in [9.17, 15) is 9.59 Å². The number of amides is 2. The maximum Gasteiger partial charge on any atom is 0.258 e. The largest absolute Gasteiger partial charge is 0.497 e. The first-order chi connectivity index (χ1) is 14.1. The molecule has 2 fully saturated rings. The van der Waals surface area contributed by atoms with Crippen LogP contribution in [0.25, 0.3) is 0 Å². The predicted molar refractivity (Wildman–Crippen MR) is 111 cm³/mol. The van der Waals surface area contributed by atoms with Crippen LogP contribution in [-0.2, 0) is 4.79 Å². The third-order valence-electron chi connectivity index (χ3n) is 5.31. The standard InChI is InChI=1S/C23H28N2O4/c1-4-12-24(13-5-2)23(27)20-16-19(28-3)8-9-21(20)29-18-10-14-25(15-11-18)22(26)17-6-7-17/h1,5,8-9,16-18H,2,6-7,10-15H2,3H3. The Morgan fingerprint density at radius 2 is 2.03 bits per heavy atom. The van der Waals surface area contributed by atoms with E-state index in [1.54, 1.807) is 31.4 Å². The molecule has 0 radical (unpaired) electrons. The van der Waals surface area contributed by atoms with Gasteiger partial charge in [0.15, 0.2) is 0 Å². The van der Waals surface area contributed by atoms with Crippen LogP contribution in [0.3, 0.4) is 0 Å². The van der Waals surface area contributed by atoms with E-state index in [-0.39, 0.29) is 30.4 Å². The molecule has 0 bridgehead atoms. The normalized spacial score (nSPS) is 16.6. The quantitative estimate of drug-likeness (QED) is 0.501. The lowest BCUT2D eigenvalue weighted by Crippen LogP contribution is -2.42. The number of carbonyl (C=O) groups excluding carboxylic acids is 2. The van der Waals surface area contributed by atoms with Crippen LogP contribution in [0.15, 0.2) is 30.9 Å². The maximum absolute atomic E-state index is 13.1. The van der Waals surface area contributed by atoms with E-state index < -0.39 is 0 Å². The third-order valence-corrected chi connectivity index (χ3v) is 5.31. The molecule has 1 aliphatic carbocycles. The highest BCUT2D eigenvalue weighted by Gasteiger charge is 2.35. The molecular weight excluding hydrogens is 368 g/mol. The summed E-state index contributed by atoms with van der Waals surface area (Å²) < 4.78 is 11.5. The second-order valence-electron chi connectivity index (χ2n) is 7.46. The molecule has 1 aromatic rings. The van der Waals surface area contributed by atoms with E-state index in [0.29, 0.717) is 36.7 Å². The number of rotatable bonds is 8. The first-order valence-corrected chi connectivity index (χ1v) is 10.0. The van der Waals surface area contributed by atoms with E-state index in [2.05, 4.69) is 12.5 Å². The molecule has 1 aliphatic heterocycles.